The van der Waals surface area contributed by atoms with E-state index in [2.05, 4.69) is 13.8 Å². The van der Waals surface area contributed by atoms with Crippen LogP contribution in [0.1, 0.15) is 145 Å². The van der Waals surface area contributed by atoms with E-state index in [0.29, 0.717) is 35.8 Å². The monoisotopic (exact) mass is 842 g/mol. The summed E-state index contributed by atoms with van der Waals surface area (Å²) in [5, 5.41) is 0. The first-order chi connectivity index (χ1) is 30.3. The van der Waals surface area contributed by atoms with Crippen LogP contribution in [0.15, 0.2) is 121 Å². The zero-order valence-electron chi connectivity index (χ0n) is 35.9. The van der Waals surface area contributed by atoms with Crippen molar-refractivity contribution in [3.63, 3.8) is 0 Å². The van der Waals surface area contributed by atoms with Gasteiger partial charge < -0.3 is 28.4 Å². The van der Waals surface area contributed by atoms with E-state index in [9.17, 15) is 19.2 Å². The molecule has 0 N–H and O–H groups in total. The van der Waals surface area contributed by atoms with Gasteiger partial charge in [-0.25, -0.2) is 19.2 Å². The number of esters is 4. The second-order valence-electron chi connectivity index (χ2n) is 15.1. The van der Waals surface area contributed by atoms with Crippen molar-refractivity contribution >= 4 is 23.9 Å². The Morgan fingerprint density at radius 2 is 0.597 bits per heavy atom. The van der Waals surface area contributed by atoms with Gasteiger partial charge in [0.15, 0.2) is 0 Å². The molecule has 10 nitrogen and oxygen atoms in total. The molecule has 0 aliphatic heterocycles. The van der Waals surface area contributed by atoms with E-state index in [1.54, 1.807) is 66.7 Å². The van der Waals surface area contributed by atoms with E-state index in [0.717, 1.165) is 25.7 Å². The second-order valence-corrected chi connectivity index (χ2v) is 15.1. The lowest BCUT2D eigenvalue weighted by Gasteiger charge is -2.09. The molecule has 5 aromatic rings. The van der Waals surface area contributed by atoms with E-state index in [1.807, 2.05) is 0 Å². The molecule has 0 aromatic heterocycles. The Morgan fingerprint density at radius 1 is 0.323 bits per heavy atom. The van der Waals surface area contributed by atoms with Gasteiger partial charge in [0.05, 0.1) is 35.5 Å². The maximum atomic E-state index is 12.9. The minimum absolute atomic E-state index is 0.153. The molecular formula is C52H58O10. The number of rotatable bonds is 26. The number of ether oxygens (including phenoxy) is 6. The van der Waals surface area contributed by atoms with Crippen molar-refractivity contribution in [1.29, 1.82) is 0 Å². The summed E-state index contributed by atoms with van der Waals surface area (Å²) in [7, 11) is 0. The van der Waals surface area contributed by atoms with Gasteiger partial charge >= 0.3 is 23.9 Å². The molecule has 0 saturated heterocycles. The van der Waals surface area contributed by atoms with Crippen molar-refractivity contribution in [3.8, 4) is 34.5 Å². The van der Waals surface area contributed by atoms with Crippen LogP contribution >= 0.6 is 0 Å². The quantitative estimate of drug-likeness (QED) is 0.0302. The van der Waals surface area contributed by atoms with Crippen molar-refractivity contribution in [2.75, 3.05) is 13.2 Å². The number of carbonyl (C=O) groups is 4. The standard InChI is InChI=1S/C52H58O10/c1-3-5-7-9-11-13-15-36-57-43-28-20-39(21-29-43)49(53)59-45-32-24-41(25-33-45)51(55)61-47-18-17-19-48(38-47)62-52(56)42-26-34-46(35-27-42)60-50(54)40-22-30-44(31-23-40)58-37-16-14-12-10-8-6-4-2/h17-35,38H,3-16,36-37H2,1-2H3. The lowest BCUT2D eigenvalue weighted by molar-refractivity contribution is 0.0723. The summed E-state index contributed by atoms with van der Waals surface area (Å²) in [5.74, 6) is -0.180. The maximum Gasteiger partial charge on any atom is 0.343 e. The zero-order valence-corrected chi connectivity index (χ0v) is 35.9. The van der Waals surface area contributed by atoms with Crippen LogP contribution in [-0.2, 0) is 0 Å². The lowest BCUT2D eigenvalue weighted by Crippen LogP contribution is -2.11. The molecule has 5 rings (SSSR count). The summed E-state index contributed by atoms with van der Waals surface area (Å²) in [6.45, 7) is 5.70. The molecule has 0 unspecified atom stereocenters. The van der Waals surface area contributed by atoms with Crippen LogP contribution in [0, 0.1) is 0 Å². The first-order valence-corrected chi connectivity index (χ1v) is 22.0. The molecular weight excluding hydrogens is 785 g/mol. The first-order valence-electron chi connectivity index (χ1n) is 22.0. The summed E-state index contributed by atoms with van der Waals surface area (Å²) < 4.78 is 33.7. The second kappa shape index (κ2) is 26.0. The van der Waals surface area contributed by atoms with Gasteiger partial charge in [-0.05, 0) is 122 Å². The fourth-order valence-electron chi connectivity index (χ4n) is 6.46. The predicted molar refractivity (Wildman–Crippen MR) is 239 cm³/mol. The number of carbonyl (C=O) groups excluding carboxylic acids is 4. The largest absolute Gasteiger partial charge is 0.494 e. The van der Waals surface area contributed by atoms with E-state index in [1.165, 1.54) is 119 Å². The molecule has 0 fully saturated rings. The van der Waals surface area contributed by atoms with Crippen molar-refractivity contribution in [2.24, 2.45) is 0 Å². The van der Waals surface area contributed by atoms with Gasteiger partial charge in [0, 0.05) is 6.07 Å². The highest BCUT2D eigenvalue weighted by Crippen LogP contribution is 2.24. The van der Waals surface area contributed by atoms with Gasteiger partial charge in [-0.15, -0.1) is 0 Å². The third-order valence-electron chi connectivity index (χ3n) is 10.0. The average Bonchev–Trinajstić information content (AvgIpc) is 3.29. The Balaban J connectivity index is 1.02. The number of unbranched alkanes of at least 4 members (excludes halogenated alkanes) is 12. The average molecular weight is 843 g/mol. The molecule has 0 aliphatic carbocycles. The third-order valence-corrected chi connectivity index (χ3v) is 10.0. The van der Waals surface area contributed by atoms with Crippen molar-refractivity contribution in [1.82, 2.24) is 0 Å². The summed E-state index contributed by atoms with van der Waals surface area (Å²) in [4.78, 5) is 51.4. The maximum absolute atomic E-state index is 12.9. The third kappa shape index (κ3) is 16.2. The molecule has 0 saturated carbocycles. The minimum Gasteiger partial charge on any atom is -0.494 e. The smallest absolute Gasteiger partial charge is 0.343 e. The topological polar surface area (TPSA) is 124 Å². The van der Waals surface area contributed by atoms with Crippen LogP contribution in [0.25, 0.3) is 0 Å². The van der Waals surface area contributed by atoms with Crippen LogP contribution in [-0.4, -0.2) is 37.1 Å². The SMILES string of the molecule is CCCCCCCCCOc1ccc(C(=O)Oc2ccc(C(=O)Oc3cccc(OC(=O)c4ccc(OC(=O)c5ccc(OCCCCCCCCC)cc5)cc4)c3)cc2)cc1. The molecule has 10 heteroatoms. The Bertz CT molecular complexity index is 1970. The molecule has 0 spiro atoms. The van der Waals surface area contributed by atoms with Crippen LogP contribution in [0.4, 0.5) is 0 Å². The van der Waals surface area contributed by atoms with Gasteiger partial charge in [-0.3, -0.25) is 0 Å². The summed E-state index contributed by atoms with van der Waals surface area (Å²) in [6, 6.07) is 31.7. The Labute approximate surface area is 365 Å². The number of hydrogen-bond donors (Lipinski definition) is 0. The van der Waals surface area contributed by atoms with Gasteiger partial charge in [0.25, 0.3) is 0 Å². The van der Waals surface area contributed by atoms with E-state index in [4.69, 9.17) is 28.4 Å². The predicted octanol–water partition coefficient (Wildman–Crippen LogP) is 12.8. The molecule has 62 heavy (non-hydrogen) atoms. The Hall–Kier alpha value is -6.42. The fourth-order valence-corrected chi connectivity index (χ4v) is 6.46. The van der Waals surface area contributed by atoms with E-state index < -0.39 is 23.9 Å². The minimum atomic E-state index is -0.661. The molecule has 5 aromatic carbocycles. The van der Waals surface area contributed by atoms with Crippen LogP contribution < -0.4 is 28.4 Å². The first kappa shape index (κ1) is 46.6. The highest BCUT2D eigenvalue weighted by molar-refractivity contribution is 5.94. The van der Waals surface area contributed by atoms with Crippen molar-refractivity contribution in [2.45, 2.75) is 104 Å². The molecule has 0 atom stereocenters. The van der Waals surface area contributed by atoms with Crippen LogP contribution in [0.3, 0.4) is 0 Å². The highest BCUT2D eigenvalue weighted by Gasteiger charge is 2.15. The lowest BCUT2D eigenvalue weighted by atomic mass is 10.1. The van der Waals surface area contributed by atoms with Crippen molar-refractivity contribution < 1.29 is 47.6 Å². The van der Waals surface area contributed by atoms with Gasteiger partial charge in [-0.1, -0.05) is 97.0 Å². The van der Waals surface area contributed by atoms with Crippen molar-refractivity contribution in [3.05, 3.63) is 144 Å². The van der Waals surface area contributed by atoms with E-state index >= 15 is 0 Å². The van der Waals surface area contributed by atoms with Gasteiger partial charge in [-0.2, -0.15) is 0 Å². The number of hydrogen-bond acceptors (Lipinski definition) is 10. The highest BCUT2D eigenvalue weighted by atomic mass is 16.6. The Kier molecular flexibility index (Phi) is 19.6. The zero-order chi connectivity index (χ0) is 43.8. The van der Waals surface area contributed by atoms with Crippen LogP contribution in [0.2, 0.25) is 0 Å². The van der Waals surface area contributed by atoms with Crippen LogP contribution in [0.5, 0.6) is 34.5 Å². The van der Waals surface area contributed by atoms with Gasteiger partial charge in [0.1, 0.15) is 34.5 Å². The summed E-state index contributed by atoms with van der Waals surface area (Å²) >= 11 is 0. The Morgan fingerprint density at radius 3 is 0.919 bits per heavy atom. The summed E-state index contributed by atoms with van der Waals surface area (Å²) in [6.07, 6.45) is 16.9. The normalized spacial score (nSPS) is 10.7. The summed E-state index contributed by atoms with van der Waals surface area (Å²) in [5.41, 5.74) is 1.17. The fraction of sp³-hybridized carbons (Fsp3) is 0.346. The number of benzene rings is 5. The molecule has 326 valence electrons. The molecule has 0 bridgehead atoms. The molecule has 0 heterocycles. The van der Waals surface area contributed by atoms with Gasteiger partial charge in [0.2, 0.25) is 0 Å². The molecule has 0 radical (unpaired) electrons. The molecule has 0 amide bonds. The molecule has 0 aliphatic rings. The van der Waals surface area contributed by atoms with E-state index in [-0.39, 0.29) is 34.1 Å².